The van der Waals surface area contributed by atoms with Crippen molar-refractivity contribution in [1.29, 1.82) is 0 Å². The summed E-state index contributed by atoms with van der Waals surface area (Å²) < 4.78 is 31.5. The molecule has 0 saturated carbocycles. The third-order valence-electron chi connectivity index (χ3n) is 7.09. The molecule has 0 spiro atoms. The van der Waals surface area contributed by atoms with Crippen molar-refractivity contribution in [2.75, 3.05) is 42.8 Å². The van der Waals surface area contributed by atoms with Gasteiger partial charge in [0.1, 0.15) is 11.6 Å². The lowest BCUT2D eigenvalue weighted by Gasteiger charge is -2.29. The van der Waals surface area contributed by atoms with Gasteiger partial charge in [0.25, 0.3) is 5.91 Å². The molecule has 0 radical (unpaired) electrons. The molecule has 2 aliphatic heterocycles. The van der Waals surface area contributed by atoms with Crippen LogP contribution in [0.4, 0.5) is 17.3 Å². The molecule has 204 valence electrons. The Morgan fingerprint density at radius 1 is 1.15 bits per heavy atom. The molecule has 11 nitrogen and oxygen atoms in total. The van der Waals surface area contributed by atoms with Crippen molar-refractivity contribution in [3.63, 3.8) is 0 Å². The smallest absolute Gasteiger partial charge is 0.336 e. The number of pyridine rings is 2. The van der Waals surface area contributed by atoms with Crippen LogP contribution in [0.2, 0.25) is 0 Å². The number of fused-ring (bicyclic) bond motifs is 3. The average molecular weight is 552 g/mol. The van der Waals surface area contributed by atoms with Crippen LogP contribution in [0.1, 0.15) is 44.3 Å². The molecule has 1 amide bonds. The van der Waals surface area contributed by atoms with Gasteiger partial charge in [-0.15, -0.1) is 0 Å². The Morgan fingerprint density at radius 3 is 2.67 bits per heavy atom. The Balaban J connectivity index is 1.38. The minimum absolute atomic E-state index is 0.0114. The van der Waals surface area contributed by atoms with Gasteiger partial charge in [-0.3, -0.25) is 4.79 Å². The number of rotatable bonds is 7. The Labute approximate surface area is 226 Å². The van der Waals surface area contributed by atoms with Crippen LogP contribution in [0.5, 0.6) is 5.75 Å². The number of hydrogen-bond acceptors (Lipinski definition) is 8. The van der Waals surface area contributed by atoms with Crippen molar-refractivity contribution < 1.29 is 27.9 Å². The van der Waals surface area contributed by atoms with Gasteiger partial charge in [0, 0.05) is 51.1 Å². The van der Waals surface area contributed by atoms with E-state index in [4.69, 9.17) is 4.74 Å². The number of carbonyl (C=O) groups excluding carboxylic acids is 1. The van der Waals surface area contributed by atoms with Crippen LogP contribution in [-0.2, 0) is 29.4 Å². The van der Waals surface area contributed by atoms with Gasteiger partial charge >= 0.3 is 5.97 Å². The van der Waals surface area contributed by atoms with Gasteiger partial charge < -0.3 is 19.6 Å². The van der Waals surface area contributed by atoms with E-state index in [0.29, 0.717) is 59.1 Å². The molecule has 2 aromatic heterocycles. The van der Waals surface area contributed by atoms with Gasteiger partial charge in [-0.1, -0.05) is 0 Å². The van der Waals surface area contributed by atoms with E-state index in [1.165, 1.54) is 10.4 Å². The molecule has 5 rings (SSSR count). The highest BCUT2D eigenvalue weighted by molar-refractivity contribution is 7.88. The van der Waals surface area contributed by atoms with Crippen LogP contribution in [0.15, 0.2) is 42.7 Å². The normalized spacial score (nSPS) is 15.3. The van der Waals surface area contributed by atoms with Crippen molar-refractivity contribution in [3.8, 4) is 5.75 Å². The number of sulfonamides is 1. The highest BCUT2D eigenvalue weighted by Gasteiger charge is 2.31. The maximum atomic E-state index is 13.4. The van der Waals surface area contributed by atoms with Gasteiger partial charge in [-0.25, -0.2) is 23.2 Å². The van der Waals surface area contributed by atoms with Crippen molar-refractivity contribution in [3.05, 3.63) is 70.5 Å². The van der Waals surface area contributed by atoms with Crippen LogP contribution < -0.4 is 14.5 Å². The standard InChI is InChI=1S/C27H29N5O6S/c1-4-32-24-20(26(33)30(2)22-6-5-11-28-25(22)32)14-17(15-29-24)10-13-38-23-8-7-19(27(34)35)21-16-31(39(3,36)37)12-9-18(21)23/h5-8,11,14-15H,4,9-10,12-13,16H2,1-3H3,(H,34,35). The first-order valence-electron chi connectivity index (χ1n) is 12.6. The first-order chi connectivity index (χ1) is 18.6. The molecule has 3 aromatic rings. The second-order valence-electron chi connectivity index (χ2n) is 9.49. The highest BCUT2D eigenvalue weighted by Crippen LogP contribution is 2.37. The van der Waals surface area contributed by atoms with E-state index in [1.807, 2.05) is 24.0 Å². The summed E-state index contributed by atoms with van der Waals surface area (Å²) in [6, 6.07) is 8.55. The number of ether oxygens (including phenoxy) is 1. The molecular weight excluding hydrogens is 522 g/mol. The fourth-order valence-corrected chi connectivity index (χ4v) is 5.86. The number of carboxylic acid groups (broad SMARTS) is 1. The molecule has 12 heteroatoms. The number of carboxylic acids is 1. The van der Waals surface area contributed by atoms with Crippen molar-refractivity contribution in [1.82, 2.24) is 14.3 Å². The van der Waals surface area contributed by atoms with Gasteiger partial charge in [-0.2, -0.15) is 4.31 Å². The number of hydrogen-bond donors (Lipinski definition) is 1. The Kier molecular flexibility index (Phi) is 7.00. The summed E-state index contributed by atoms with van der Waals surface area (Å²) in [6.07, 6.45) is 5.34. The number of carbonyl (C=O) groups is 2. The quantitative estimate of drug-likeness (QED) is 0.471. The molecular formula is C27H29N5O6S. The number of aromatic carboxylic acids is 1. The van der Waals surface area contributed by atoms with Crippen LogP contribution in [0.25, 0.3) is 0 Å². The minimum atomic E-state index is -3.46. The monoisotopic (exact) mass is 551 g/mol. The topological polar surface area (TPSA) is 133 Å². The molecule has 0 bridgehead atoms. The maximum absolute atomic E-state index is 13.4. The maximum Gasteiger partial charge on any atom is 0.336 e. The van der Waals surface area contributed by atoms with E-state index >= 15 is 0 Å². The number of benzene rings is 1. The number of nitrogens with zero attached hydrogens (tertiary/aromatic N) is 5. The molecule has 0 fully saturated rings. The zero-order chi connectivity index (χ0) is 27.9. The summed E-state index contributed by atoms with van der Waals surface area (Å²) in [6.45, 7) is 3.07. The summed E-state index contributed by atoms with van der Waals surface area (Å²) in [5.74, 6) is 0.448. The SMILES string of the molecule is CCN1c2ncc(CCOc3ccc(C(=O)O)c4c3CCN(S(C)(=O)=O)C4)cc2C(=O)N(C)c2cccnc21. The second-order valence-corrected chi connectivity index (χ2v) is 11.5. The molecule has 0 unspecified atom stereocenters. The molecule has 0 aliphatic carbocycles. The molecule has 39 heavy (non-hydrogen) atoms. The fourth-order valence-electron chi connectivity index (χ4n) is 5.07. The minimum Gasteiger partial charge on any atom is -0.493 e. The predicted octanol–water partition coefficient (Wildman–Crippen LogP) is 2.86. The van der Waals surface area contributed by atoms with Crippen LogP contribution in [-0.4, -0.2) is 72.7 Å². The summed E-state index contributed by atoms with van der Waals surface area (Å²) in [5, 5.41) is 9.64. The van der Waals surface area contributed by atoms with Crippen LogP contribution >= 0.6 is 0 Å². The van der Waals surface area contributed by atoms with Crippen LogP contribution in [0.3, 0.4) is 0 Å². The summed E-state index contributed by atoms with van der Waals surface area (Å²) in [7, 11) is -1.75. The molecule has 1 aromatic carbocycles. The van der Waals surface area contributed by atoms with E-state index < -0.39 is 16.0 Å². The van der Waals surface area contributed by atoms with Gasteiger partial charge in [-0.05, 0) is 54.8 Å². The second kappa shape index (κ2) is 10.3. The van der Waals surface area contributed by atoms with Crippen molar-refractivity contribution in [2.24, 2.45) is 0 Å². The lowest BCUT2D eigenvalue weighted by molar-refractivity contribution is 0.0694. The van der Waals surface area contributed by atoms with Gasteiger partial charge in [0.05, 0.1) is 29.7 Å². The third kappa shape index (κ3) is 4.92. The predicted molar refractivity (Wildman–Crippen MR) is 145 cm³/mol. The Bertz CT molecular complexity index is 1570. The zero-order valence-corrected chi connectivity index (χ0v) is 22.7. The summed E-state index contributed by atoms with van der Waals surface area (Å²) in [5.41, 5.74) is 3.21. The first kappa shape index (κ1) is 26.6. The van der Waals surface area contributed by atoms with Gasteiger partial charge in [0.2, 0.25) is 10.0 Å². The average Bonchev–Trinajstić information content (AvgIpc) is 3.00. The van der Waals surface area contributed by atoms with Crippen LogP contribution in [0, 0.1) is 0 Å². The van der Waals surface area contributed by atoms with Crippen molar-refractivity contribution >= 4 is 39.2 Å². The number of amides is 1. The molecule has 2 aliphatic rings. The molecule has 1 N–H and O–H groups in total. The van der Waals surface area contributed by atoms with E-state index in [2.05, 4.69) is 9.97 Å². The van der Waals surface area contributed by atoms with Crippen molar-refractivity contribution in [2.45, 2.75) is 26.3 Å². The van der Waals surface area contributed by atoms with E-state index in [-0.39, 0.29) is 31.2 Å². The molecule has 0 saturated heterocycles. The Morgan fingerprint density at radius 2 is 1.95 bits per heavy atom. The first-order valence-corrected chi connectivity index (χ1v) is 14.4. The van der Waals surface area contributed by atoms with Gasteiger partial charge in [0.15, 0.2) is 5.82 Å². The number of aromatic nitrogens is 2. The zero-order valence-electron chi connectivity index (χ0n) is 21.9. The Hall–Kier alpha value is -4.03. The van der Waals surface area contributed by atoms with E-state index in [0.717, 1.165) is 11.8 Å². The third-order valence-corrected chi connectivity index (χ3v) is 8.34. The van der Waals surface area contributed by atoms with E-state index in [9.17, 15) is 23.1 Å². The molecule has 0 atom stereocenters. The molecule has 4 heterocycles. The summed E-state index contributed by atoms with van der Waals surface area (Å²) >= 11 is 0. The van der Waals surface area contributed by atoms with E-state index in [1.54, 1.807) is 36.5 Å². The lowest BCUT2D eigenvalue weighted by atomic mass is 9.95. The summed E-state index contributed by atoms with van der Waals surface area (Å²) in [4.78, 5) is 37.8. The number of anilines is 3. The highest BCUT2D eigenvalue weighted by atomic mass is 32.2. The largest absolute Gasteiger partial charge is 0.493 e. The fraction of sp³-hybridized carbons (Fsp3) is 0.333. The lowest BCUT2D eigenvalue weighted by Crippen LogP contribution is -2.36.